The standard InChI is InChI=1S/C28H38N2O4.C2HF3O2/c1-21(2)19-34-25-8-6-5-7-22(25)18-29-14-11-28(12-15-29)13-16-30(20-28)27(31)24-10-9-23(32-3)17-26(24)33-4;3-2(4,5)1(6)7/h5-10,17,21H,11-16,18-20H2,1-4H3;(H,6,7). The Hall–Kier alpha value is -3.47. The summed E-state index contributed by atoms with van der Waals surface area (Å²) in [5, 5.41) is 7.12. The zero-order valence-corrected chi connectivity index (χ0v) is 24.0. The number of aliphatic carboxylic acids is 1. The van der Waals surface area contributed by atoms with E-state index in [0.717, 1.165) is 64.3 Å². The van der Waals surface area contributed by atoms with Crippen LogP contribution in [0.2, 0.25) is 0 Å². The van der Waals surface area contributed by atoms with E-state index in [9.17, 15) is 18.0 Å². The molecule has 0 radical (unpaired) electrons. The lowest BCUT2D eigenvalue weighted by molar-refractivity contribution is -0.192. The second-order valence-electron chi connectivity index (χ2n) is 10.9. The van der Waals surface area contributed by atoms with Gasteiger partial charge in [0.15, 0.2) is 0 Å². The highest BCUT2D eigenvalue weighted by Crippen LogP contribution is 2.42. The minimum Gasteiger partial charge on any atom is -0.497 e. The van der Waals surface area contributed by atoms with E-state index in [0.29, 0.717) is 23.0 Å². The van der Waals surface area contributed by atoms with Crippen molar-refractivity contribution in [3.63, 3.8) is 0 Å². The first-order valence-electron chi connectivity index (χ1n) is 13.6. The van der Waals surface area contributed by atoms with Gasteiger partial charge in [-0.05, 0) is 61.9 Å². The van der Waals surface area contributed by atoms with Gasteiger partial charge in [-0.15, -0.1) is 0 Å². The van der Waals surface area contributed by atoms with Gasteiger partial charge >= 0.3 is 12.1 Å². The molecule has 0 aromatic heterocycles. The predicted octanol–water partition coefficient (Wildman–Crippen LogP) is 5.50. The number of benzene rings is 2. The Morgan fingerprint density at radius 1 is 0.976 bits per heavy atom. The van der Waals surface area contributed by atoms with Gasteiger partial charge in [-0.25, -0.2) is 4.79 Å². The number of methoxy groups -OCH3 is 2. The molecule has 2 heterocycles. The molecule has 0 atom stereocenters. The maximum absolute atomic E-state index is 13.3. The van der Waals surface area contributed by atoms with Crippen LogP contribution in [-0.4, -0.2) is 80.0 Å². The third kappa shape index (κ3) is 8.76. The monoisotopic (exact) mass is 580 g/mol. The van der Waals surface area contributed by atoms with E-state index >= 15 is 0 Å². The molecule has 41 heavy (non-hydrogen) atoms. The molecule has 0 saturated carbocycles. The molecule has 1 N–H and O–H groups in total. The summed E-state index contributed by atoms with van der Waals surface area (Å²) in [5.41, 5.74) is 2.09. The lowest BCUT2D eigenvalue weighted by atomic mass is 9.77. The molecular formula is C30H39F3N2O6. The van der Waals surface area contributed by atoms with Gasteiger partial charge in [-0.1, -0.05) is 32.0 Å². The van der Waals surface area contributed by atoms with Crippen molar-refractivity contribution in [1.29, 1.82) is 0 Å². The molecule has 2 aromatic carbocycles. The zero-order valence-electron chi connectivity index (χ0n) is 24.0. The number of carbonyl (C=O) groups excluding carboxylic acids is 1. The molecule has 1 amide bonds. The van der Waals surface area contributed by atoms with Gasteiger partial charge in [0.2, 0.25) is 0 Å². The number of halogens is 3. The van der Waals surface area contributed by atoms with Gasteiger partial charge in [-0.2, -0.15) is 13.2 Å². The van der Waals surface area contributed by atoms with Crippen LogP contribution < -0.4 is 14.2 Å². The van der Waals surface area contributed by atoms with Crippen LogP contribution in [0.3, 0.4) is 0 Å². The zero-order chi connectivity index (χ0) is 30.2. The SMILES string of the molecule is COc1ccc(C(=O)N2CCC3(CCN(Cc4ccccc4OCC(C)C)CC3)C2)c(OC)c1.O=C(O)C(F)(F)F. The van der Waals surface area contributed by atoms with Crippen molar-refractivity contribution >= 4 is 11.9 Å². The maximum atomic E-state index is 13.3. The first-order valence-corrected chi connectivity index (χ1v) is 13.6. The number of carbonyl (C=O) groups is 2. The first-order chi connectivity index (χ1) is 19.4. The van der Waals surface area contributed by atoms with E-state index in [1.54, 1.807) is 20.3 Å². The largest absolute Gasteiger partial charge is 0.497 e. The lowest BCUT2D eigenvalue weighted by Crippen LogP contribution is -2.42. The number of hydrogen-bond donors (Lipinski definition) is 1. The molecule has 226 valence electrons. The van der Waals surface area contributed by atoms with E-state index < -0.39 is 12.1 Å². The Labute approximate surface area is 239 Å². The van der Waals surface area contributed by atoms with E-state index in [-0.39, 0.29) is 11.3 Å². The van der Waals surface area contributed by atoms with Crippen molar-refractivity contribution in [2.45, 2.75) is 45.8 Å². The minimum atomic E-state index is -5.08. The van der Waals surface area contributed by atoms with Crippen LogP contribution in [0, 0.1) is 11.3 Å². The number of piperidine rings is 1. The number of carboxylic acid groups (broad SMARTS) is 1. The van der Waals surface area contributed by atoms with Crippen LogP contribution in [-0.2, 0) is 11.3 Å². The number of para-hydroxylation sites is 1. The molecule has 1 spiro atoms. The van der Waals surface area contributed by atoms with Crippen LogP contribution in [0.15, 0.2) is 42.5 Å². The number of nitrogens with zero attached hydrogens (tertiary/aromatic N) is 2. The fourth-order valence-electron chi connectivity index (χ4n) is 5.12. The van der Waals surface area contributed by atoms with E-state index in [1.165, 1.54) is 5.56 Å². The summed E-state index contributed by atoms with van der Waals surface area (Å²) >= 11 is 0. The Balaban J connectivity index is 0.000000587. The first kappa shape index (κ1) is 32.0. The molecule has 2 saturated heterocycles. The van der Waals surface area contributed by atoms with Crippen molar-refractivity contribution in [3.05, 3.63) is 53.6 Å². The molecule has 2 aromatic rings. The summed E-state index contributed by atoms with van der Waals surface area (Å²) in [6, 6.07) is 13.8. The fraction of sp³-hybridized carbons (Fsp3) is 0.533. The maximum Gasteiger partial charge on any atom is 0.490 e. The molecule has 0 aliphatic carbocycles. The number of alkyl halides is 3. The number of likely N-dealkylation sites (tertiary alicyclic amines) is 2. The van der Waals surface area contributed by atoms with Crippen LogP contribution in [0.4, 0.5) is 13.2 Å². The number of ether oxygens (including phenoxy) is 3. The van der Waals surface area contributed by atoms with Crippen molar-refractivity contribution in [2.75, 3.05) is 47.0 Å². The summed E-state index contributed by atoms with van der Waals surface area (Å²) in [4.78, 5) is 26.7. The minimum absolute atomic E-state index is 0.0510. The third-order valence-corrected chi connectivity index (χ3v) is 7.46. The summed E-state index contributed by atoms with van der Waals surface area (Å²) in [6.07, 6.45) is -1.78. The highest BCUT2D eigenvalue weighted by Gasteiger charge is 2.42. The van der Waals surface area contributed by atoms with E-state index in [4.69, 9.17) is 24.1 Å². The Kier molecular flexibility index (Phi) is 10.9. The summed E-state index contributed by atoms with van der Waals surface area (Å²) < 4.78 is 48.5. The normalized spacial score (nSPS) is 16.7. The summed E-state index contributed by atoms with van der Waals surface area (Å²) in [7, 11) is 3.21. The van der Waals surface area contributed by atoms with Crippen LogP contribution in [0.5, 0.6) is 17.2 Å². The van der Waals surface area contributed by atoms with Gasteiger partial charge in [0.25, 0.3) is 5.91 Å². The molecule has 11 heteroatoms. The molecule has 4 rings (SSSR count). The number of rotatable bonds is 8. The van der Waals surface area contributed by atoms with Crippen molar-refractivity contribution in [2.24, 2.45) is 11.3 Å². The van der Waals surface area contributed by atoms with Crippen molar-refractivity contribution < 1.29 is 42.1 Å². The summed E-state index contributed by atoms with van der Waals surface area (Å²) in [5.74, 6) is 0.0622. The molecule has 0 bridgehead atoms. The third-order valence-electron chi connectivity index (χ3n) is 7.46. The quantitative estimate of drug-likeness (QED) is 0.441. The predicted molar refractivity (Wildman–Crippen MR) is 147 cm³/mol. The van der Waals surface area contributed by atoms with Gasteiger partial charge in [0, 0.05) is 31.3 Å². The van der Waals surface area contributed by atoms with Gasteiger partial charge < -0.3 is 24.2 Å². The second kappa shape index (κ2) is 13.9. The van der Waals surface area contributed by atoms with Crippen molar-refractivity contribution in [1.82, 2.24) is 9.80 Å². The molecule has 2 aliphatic heterocycles. The number of carboxylic acids is 1. The van der Waals surface area contributed by atoms with Gasteiger partial charge in [0.05, 0.1) is 26.4 Å². The topological polar surface area (TPSA) is 88.5 Å². The van der Waals surface area contributed by atoms with Crippen molar-refractivity contribution in [3.8, 4) is 17.2 Å². The molecule has 0 unspecified atom stereocenters. The second-order valence-corrected chi connectivity index (χ2v) is 10.9. The molecule has 2 fully saturated rings. The van der Waals surface area contributed by atoms with E-state index in [1.807, 2.05) is 23.1 Å². The molecule has 8 nitrogen and oxygen atoms in total. The smallest absolute Gasteiger partial charge is 0.490 e. The molecule has 2 aliphatic rings. The Bertz CT molecular complexity index is 1180. The van der Waals surface area contributed by atoms with Gasteiger partial charge in [-0.3, -0.25) is 9.69 Å². The van der Waals surface area contributed by atoms with Crippen LogP contribution in [0.1, 0.15) is 49.0 Å². The number of hydrogen-bond acceptors (Lipinski definition) is 6. The summed E-state index contributed by atoms with van der Waals surface area (Å²) in [6.45, 7) is 9.72. The Morgan fingerprint density at radius 2 is 1.61 bits per heavy atom. The molecular weight excluding hydrogens is 541 g/mol. The average Bonchev–Trinajstić information content (AvgIpc) is 3.36. The van der Waals surface area contributed by atoms with Gasteiger partial charge in [0.1, 0.15) is 17.2 Å². The van der Waals surface area contributed by atoms with Crippen LogP contribution in [0.25, 0.3) is 0 Å². The van der Waals surface area contributed by atoms with Crippen LogP contribution >= 0.6 is 0 Å². The lowest BCUT2D eigenvalue weighted by Gasteiger charge is -2.39. The highest BCUT2D eigenvalue weighted by atomic mass is 19.4. The number of amides is 1. The van der Waals surface area contributed by atoms with E-state index in [2.05, 4.69) is 36.9 Å². The fourth-order valence-corrected chi connectivity index (χ4v) is 5.12. The highest BCUT2D eigenvalue weighted by molar-refractivity contribution is 5.97. The average molecular weight is 581 g/mol. The Morgan fingerprint density at radius 3 is 2.20 bits per heavy atom.